The van der Waals surface area contributed by atoms with Crippen LogP contribution in [-0.4, -0.2) is 53.5 Å². The molecular weight excluding hydrogens is 409 g/mol. The fraction of sp³-hybridized carbons (Fsp3) is 0.421. The molecule has 0 aliphatic carbocycles. The summed E-state index contributed by atoms with van der Waals surface area (Å²) >= 11 is 1.93. The van der Waals surface area contributed by atoms with Crippen LogP contribution in [-0.2, 0) is 5.54 Å². The zero-order valence-corrected chi connectivity index (χ0v) is 17.4. The molecule has 3 aromatic rings. The fourth-order valence-corrected chi connectivity index (χ4v) is 5.79. The minimum atomic E-state index is -0.299. The van der Waals surface area contributed by atoms with Gasteiger partial charge in [-0.3, -0.25) is 4.68 Å². The lowest BCUT2D eigenvalue weighted by Crippen LogP contribution is -2.60. The van der Waals surface area contributed by atoms with Crippen molar-refractivity contribution in [3.05, 3.63) is 36.9 Å². The van der Waals surface area contributed by atoms with E-state index < -0.39 is 0 Å². The summed E-state index contributed by atoms with van der Waals surface area (Å²) in [4.78, 5) is 4.29. The van der Waals surface area contributed by atoms with Gasteiger partial charge in [0, 0.05) is 67.9 Å². The van der Waals surface area contributed by atoms with Crippen LogP contribution in [0.4, 0.5) is 3.89 Å². The molecule has 0 spiro atoms. The van der Waals surface area contributed by atoms with Crippen LogP contribution in [0.15, 0.2) is 36.9 Å². The SMILES string of the molecule is N#CCC1(n2cc(-c3ccnc4c3ccn4SF)cn2)CN(SN2CCCC2)C1. The zero-order valence-electron chi connectivity index (χ0n) is 15.7. The second-order valence-corrected chi connectivity index (χ2v) is 9.28. The lowest BCUT2D eigenvalue weighted by molar-refractivity contribution is 0.0782. The predicted octanol–water partition coefficient (Wildman–Crippen LogP) is 3.86. The molecule has 0 saturated carbocycles. The highest BCUT2D eigenvalue weighted by Crippen LogP contribution is 2.39. The maximum Gasteiger partial charge on any atom is 0.171 e. The largest absolute Gasteiger partial charge is 0.262 e. The van der Waals surface area contributed by atoms with Gasteiger partial charge in [0.2, 0.25) is 0 Å². The van der Waals surface area contributed by atoms with E-state index in [0.29, 0.717) is 12.1 Å². The quantitative estimate of drug-likeness (QED) is 0.551. The molecule has 0 atom stereocenters. The molecule has 2 aliphatic rings. The average molecular weight is 430 g/mol. The first-order valence-corrected chi connectivity index (χ1v) is 11.0. The monoisotopic (exact) mass is 429 g/mol. The lowest BCUT2D eigenvalue weighted by atomic mass is 9.89. The number of nitriles is 1. The van der Waals surface area contributed by atoms with Crippen molar-refractivity contribution in [1.82, 2.24) is 27.3 Å². The molecule has 10 heteroatoms. The van der Waals surface area contributed by atoms with Crippen molar-refractivity contribution in [2.75, 3.05) is 26.2 Å². The average Bonchev–Trinajstić information content (AvgIpc) is 3.45. The highest BCUT2D eigenvalue weighted by atomic mass is 32.2. The van der Waals surface area contributed by atoms with Crippen molar-refractivity contribution < 1.29 is 3.89 Å². The van der Waals surface area contributed by atoms with Crippen LogP contribution in [0.2, 0.25) is 0 Å². The van der Waals surface area contributed by atoms with E-state index in [9.17, 15) is 9.15 Å². The van der Waals surface area contributed by atoms with Crippen LogP contribution in [0.5, 0.6) is 0 Å². The number of rotatable bonds is 6. The molecule has 29 heavy (non-hydrogen) atoms. The predicted molar refractivity (Wildman–Crippen MR) is 113 cm³/mol. The molecule has 2 aliphatic heterocycles. The van der Waals surface area contributed by atoms with E-state index in [1.54, 1.807) is 24.5 Å². The number of fused-ring (bicyclic) bond motifs is 1. The topological polar surface area (TPSA) is 65.9 Å². The van der Waals surface area contributed by atoms with E-state index >= 15 is 0 Å². The molecule has 3 aromatic heterocycles. The Kier molecular flexibility index (Phi) is 4.99. The summed E-state index contributed by atoms with van der Waals surface area (Å²) < 4.78 is 21.1. The summed E-state index contributed by atoms with van der Waals surface area (Å²) in [7, 11) is 0. The first kappa shape index (κ1) is 18.9. The Balaban J connectivity index is 1.40. The number of pyridine rings is 1. The third-order valence-corrected chi connectivity index (χ3v) is 7.18. The summed E-state index contributed by atoms with van der Waals surface area (Å²) in [5, 5.41) is 14.9. The van der Waals surface area contributed by atoms with Gasteiger partial charge in [0.05, 0.1) is 18.7 Å². The van der Waals surface area contributed by atoms with Gasteiger partial charge in [-0.15, -0.1) is 3.89 Å². The third-order valence-electron chi connectivity index (χ3n) is 5.65. The molecule has 0 bridgehead atoms. The Hall–Kier alpha value is -2.06. The highest BCUT2D eigenvalue weighted by molar-refractivity contribution is 7.94. The van der Waals surface area contributed by atoms with E-state index in [0.717, 1.165) is 42.7 Å². The molecule has 2 saturated heterocycles. The van der Waals surface area contributed by atoms with E-state index in [-0.39, 0.29) is 17.9 Å². The Bertz CT molecular complexity index is 1060. The number of nitrogens with zero attached hydrogens (tertiary/aromatic N) is 7. The van der Waals surface area contributed by atoms with Gasteiger partial charge in [-0.05, 0) is 30.5 Å². The van der Waals surface area contributed by atoms with Gasteiger partial charge in [0.1, 0.15) is 5.54 Å². The molecule has 5 rings (SSSR count). The Morgan fingerprint density at radius 2 is 2.03 bits per heavy atom. The van der Waals surface area contributed by atoms with Gasteiger partial charge in [-0.2, -0.15) is 10.4 Å². The molecule has 0 N–H and O–H groups in total. The molecule has 2 fully saturated rings. The second-order valence-electron chi connectivity index (χ2n) is 7.55. The van der Waals surface area contributed by atoms with E-state index in [1.165, 1.54) is 16.8 Å². The normalized spacial score (nSPS) is 19.4. The molecule has 0 radical (unpaired) electrons. The minimum absolute atomic E-state index is 0.136. The van der Waals surface area contributed by atoms with E-state index in [1.807, 2.05) is 29.2 Å². The van der Waals surface area contributed by atoms with Crippen LogP contribution in [0.1, 0.15) is 19.3 Å². The highest BCUT2D eigenvalue weighted by Gasteiger charge is 2.46. The van der Waals surface area contributed by atoms with Crippen molar-refractivity contribution in [2.24, 2.45) is 0 Å². The van der Waals surface area contributed by atoms with Gasteiger partial charge in [-0.1, -0.05) is 0 Å². The number of hydrogen-bond acceptors (Lipinski definition) is 7. The fourth-order valence-electron chi connectivity index (χ4n) is 4.13. The van der Waals surface area contributed by atoms with Crippen molar-refractivity contribution in [2.45, 2.75) is 24.8 Å². The number of hydrogen-bond donors (Lipinski definition) is 0. The van der Waals surface area contributed by atoms with E-state index in [2.05, 4.69) is 24.8 Å². The van der Waals surface area contributed by atoms with Crippen molar-refractivity contribution in [3.63, 3.8) is 0 Å². The van der Waals surface area contributed by atoms with Gasteiger partial charge in [0.25, 0.3) is 0 Å². The van der Waals surface area contributed by atoms with Crippen molar-refractivity contribution >= 4 is 35.5 Å². The summed E-state index contributed by atoms with van der Waals surface area (Å²) in [5.41, 5.74) is 2.20. The Morgan fingerprint density at radius 3 is 2.79 bits per heavy atom. The molecule has 7 nitrogen and oxygen atoms in total. The number of halogens is 1. The standard InChI is InChI=1S/C19H20FN7S2/c20-28-26-10-4-17-16(3-7-22-18(17)26)15-11-23-27(12-15)19(5-6-21)13-25(14-19)29-24-8-1-2-9-24/h3-4,7,10-12H,1-2,5,8-9,13-14H2. The molecule has 0 aromatic carbocycles. The summed E-state index contributed by atoms with van der Waals surface area (Å²) in [6.45, 7) is 3.85. The first-order chi connectivity index (χ1) is 14.2. The van der Waals surface area contributed by atoms with Crippen LogP contribution in [0.25, 0.3) is 22.2 Å². The molecule has 5 heterocycles. The van der Waals surface area contributed by atoms with Gasteiger partial charge in [0.15, 0.2) is 18.0 Å². The van der Waals surface area contributed by atoms with Gasteiger partial charge < -0.3 is 0 Å². The van der Waals surface area contributed by atoms with Crippen LogP contribution >= 0.6 is 24.5 Å². The van der Waals surface area contributed by atoms with Crippen LogP contribution in [0.3, 0.4) is 0 Å². The third kappa shape index (κ3) is 3.32. The van der Waals surface area contributed by atoms with E-state index in [4.69, 9.17) is 0 Å². The summed E-state index contributed by atoms with van der Waals surface area (Å²) in [5.74, 6) is 0. The number of aromatic nitrogens is 4. The maximum atomic E-state index is 13.1. The molecule has 150 valence electrons. The smallest absolute Gasteiger partial charge is 0.171 e. The van der Waals surface area contributed by atoms with Gasteiger partial charge in [-0.25, -0.2) is 17.6 Å². The van der Waals surface area contributed by atoms with Crippen molar-refractivity contribution in [1.29, 1.82) is 5.26 Å². The Labute approximate surface area is 177 Å². The molecule has 0 amide bonds. The lowest BCUT2D eigenvalue weighted by Gasteiger charge is -2.48. The zero-order chi connectivity index (χ0) is 19.8. The molecular formula is C19H20FN7S2. The first-order valence-electron chi connectivity index (χ1n) is 9.58. The van der Waals surface area contributed by atoms with Crippen LogP contribution < -0.4 is 0 Å². The van der Waals surface area contributed by atoms with Gasteiger partial charge >= 0.3 is 0 Å². The molecule has 0 unspecified atom stereocenters. The van der Waals surface area contributed by atoms with Crippen LogP contribution in [0, 0.1) is 11.3 Å². The maximum absolute atomic E-state index is 13.1. The van der Waals surface area contributed by atoms with Crippen molar-refractivity contribution in [3.8, 4) is 17.2 Å². The second kappa shape index (κ2) is 7.65. The summed E-state index contributed by atoms with van der Waals surface area (Å²) in [6.07, 6.45) is 10.1. The summed E-state index contributed by atoms with van der Waals surface area (Å²) in [6, 6.07) is 6.13. The minimum Gasteiger partial charge on any atom is -0.262 e. The Morgan fingerprint density at radius 1 is 1.21 bits per heavy atom.